The number of thiocarbonyl (C=S) groups is 1. The van der Waals surface area contributed by atoms with Crippen molar-refractivity contribution < 1.29 is 14.2 Å². The first kappa shape index (κ1) is 10.2. The molecule has 2 rings (SSSR count). The van der Waals surface area contributed by atoms with Crippen LogP contribution in [0.1, 0.15) is 5.56 Å². The van der Waals surface area contributed by atoms with Crippen LogP contribution in [0.4, 0.5) is 0 Å². The lowest BCUT2D eigenvalue weighted by atomic mass is 10.2. The summed E-state index contributed by atoms with van der Waals surface area (Å²) in [4.78, 5) is 0.357. The lowest BCUT2D eigenvalue weighted by Crippen LogP contribution is -2.15. The third-order valence-electron chi connectivity index (χ3n) is 1.95. The molecule has 0 amide bonds. The van der Waals surface area contributed by atoms with Crippen molar-refractivity contribution >= 4 is 17.2 Å². The second kappa shape index (κ2) is 4.46. The maximum Gasteiger partial charge on any atom is 0.231 e. The van der Waals surface area contributed by atoms with Gasteiger partial charge in [0.2, 0.25) is 6.79 Å². The van der Waals surface area contributed by atoms with E-state index in [4.69, 9.17) is 32.2 Å². The fourth-order valence-corrected chi connectivity index (χ4v) is 1.38. The summed E-state index contributed by atoms with van der Waals surface area (Å²) >= 11 is 4.70. The summed E-state index contributed by atoms with van der Waals surface area (Å²) in [5.41, 5.74) is 6.32. The molecule has 0 bridgehead atoms. The van der Waals surface area contributed by atoms with Crippen LogP contribution < -0.4 is 15.2 Å². The number of ether oxygens (including phenoxy) is 3. The zero-order chi connectivity index (χ0) is 10.7. The van der Waals surface area contributed by atoms with Crippen molar-refractivity contribution in [3.05, 3.63) is 23.8 Å². The van der Waals surface area contributed by atoms with Crippen LogP contribution in [0, 0.1) is 0 Å². The van der Waals surface area contributed by atoms with Gasteiger partial charge < -0.3 is 19.9 Å². The minimum atomic E-state index is 0.284. The van der Waals surface area contributed by atoms with E-state index in [2.05, 4.69) is 0 Å². The zero-order valence-electron chi connectivity index (χ0n) is 8.06. The molecule has 0 saturated carbocycles. The lowest BCUT2D eigenvalue weighted by molar-refractivity contribution is 0.158. The molecule has 2 N–H and O–H groups in total. The van der Waals surface area contributed by atoms with Crippen LogP contribution in [0.15, 0.2) is 18.2 Å². The minimum Gasteiger partial charge on any atom is -0.454 e. The van der Waals surface area contributed by atoms with Gasteiger partial charge in [-0.2, -0.15) is 0 Å². The first-order valence-corrected chi connectivity index (χ1v) is 4.91. The Hall–Kier alpha value is -1.33. The Kier molecular flexibility index (Phi) is 3.03. The van der Waals surface area contributed by atoms with Crippen LogP contribution in [0.3, 0.4) is 0 Å². The second-order valence-corrected chi connectivity index (χ2v) is 3.67. The number of nitrogens with two attached hydrogens (primary N) is 1. The van der Waals surface area contributed by atoms with Crippen LogP contribution >= 0.6 is 12.2 Å². The highest BCUT2D eigenvalue weighted by Gasteiger charge is 2.12. The first-order chi connectivity index (χ1) is 7.25. The molecule has 15 heavy (non-hydrogen) atoms. The quantitative estimate of drug-likeness (QED) is 0.781. The van der Waals surface area contributed by atoms with E-state index < -0.39 is 0 Å². The maximum absolute atomic E-state index is 5.31. The van der Waals surface area contributed by atoms with Gasteiger partial charge in [-0.05, 0) is 17.7 Å². The third kappa shape index (κ3) is 2.57. The number of fused-ring (bicyclic) bond motifs is 1. The highest BCUT2D eigenvalue weighted by atomic mass is 32.1. The molecule has 5 heteroatoms. The van der Waals surface area contributed by atoms with E-state index in [0.29, 0.717) is 18.2 Å². The summed E-state index contributed by atoms with van der Waals surface area (Å²) in [6.07, 6.45) is 0. The molecule has 0 saturated heterocycles. The summed E-state index contributed by atoms with van der Waals surface area (Å²) < 4.78 is 15.7. The molecule has 1 aromatic rings. The average Bonchev–Trinajstić information content (AvgIpc) is 2.64. The van der Waals surface area contributed by atoms with Gasteiger partial charge in [-0.25, -0.2) is 0 Å². The predicted octanol–water partition coefficient (Wildman–Crippen LogP) is 1.22. The zero-order valence-corrected chi connectivity index (χ0v) is 8.88. The number of hydrogen-bond donors (Lipinski definition) is 1. The average molecular weight is 225 g/mol. The smallest absolute Gasteiger partial charge is 0.231 e. The molecule has 4 nitrogen and oxygen atoms in total. The maximum atomic E-state index is 5.31. The Balaban J connectivity index is 1.95. The van der Waals surface area contributed by atoms with Crippen molar-refractivity contribution in [2.45, 2.75) is 6.61 Å². The Morgan fingerprint density at radius 2 is 2.20 bits per heavy atom. The second-order valence-electron chi connectivity index (χ2n) is 3.15. The van der Waals surface area contributed by atoms with E-state index in [1.54, 1.807) is 0 Å². The first-order valence-electron chi connectivity index (χ1n) is 4.50. The summed E-state index contributed by atoms with van der Waals surface area (Å²) in [7, 11) is 0. The molecule has 1 aromatic carbocycles. The summed E-state index contributed by atoms with van der Waals surface area (Å²) in [6.45, 7) is 1.05. The molecule has 0 radical (unpaired) electrons. The monoisotopic (exact) mass is 225 g/mol. The van der Waals surface area contributed by atoms with Gasteiger partial charge in [-0.3, -0.25) is 0 Å². The number of benzene rings is 1. The highest BCUT2D eigenvalue weighted by molar-refractivity contribution is 7.80. The predicted molar refractivity (Wildman–Crippen MR) is 59.0 cm³/mol. The number of rotatable bonds is 4. The van der Waals surface area contributed by atoms with Gasteiger partial charge in [0, 0.05) is 0 Å². The van der Waals surface area contributed by atoms with Gasteiger partial charge in [0.1, 0.15) is 0 Å². The molecule has 0 atom stereocenters. The summed E-state index contributed by atoms with van der Waals surface area (Å²) in [5, 5.41) is 0. The third-order valence-corrected chi connectivity index (χ3v) is 2.07. The van der Waals surface area contributed by atoms with Gasteiger partial charge in [-0.1, -0.05) is 18.3 Å². The van der Waals surface area contributed by atoms with E-state index in [1.165, 1.54) is 0 Å². The Morgan fingerprint density at radius 1 is 1.40 bits per heavy atom. The van der Waals surface area contributed by atoms with E-state index >= 15 is 0 Å². The molecular weight excluding hydrogens is 214 g/mol. The Bertz CT molecular complexity index is 381. The molecule has 1 aliphatic heterocycles. The van der Waals surface area contributed by atoms with Crippen LogP contribution in [0.25, 0.3) is 0 Å². The molecule has 0 aliphatic carbocycles. The molecule has 1 aliphatic rings. The van der Waals surface area contributed by atoms with Crippen molar-refractivity contribution in [2.24, 2.45) is 5.73 Å². The molecule has 0 unspecified atom stereocenters. The molecule has 0 fully saturated rings. The van der Waals surface area contributed by atoms with Crippen molar-refractivity contribution in [3.63, 3.8) is 0 Å². The van der Waals surface area contributed by atoms with Crippen molar-refractivity contribution in [2.75, 3.05) is 13.4 Å². The summed E-state index contributed by atoms with van der Waals surface area (Å²) in [5.74, 6) is 1.53. The standard InChI is InChI=1S/C10H11NO3S/c11-10(15)5-12-4-7-1-2-8-9(3-7)14-6-13-8/h1-3H,4-6H2,(H2,11,15). The molecule has 1 heterocycles. The largest absolute Gasteiger partial charge is 0.454 e. The van der Waals surface area contributed by atoms with Gasteiger partial charge in [0.25, 0.3) is 0 Å². The SMILES string of the molecule is NC(=S)COCc1ccc2c(c1)OCO2. The van der Waals surface area contributed by atoms with Gasteiger partial charge in [0.15, 0.2) is 11.5 Å². The van der Waals surface area contributed by atoms with Crippen LogP contribution in [-0.4, -0.2) is 18.4 Å². The Morgan fingerprint density at radius 3 is 3.00 bits per heavy atom. The van der Waals surface area contributed by atoms with Crippen LogP contribution in [0.2, 0.25) is 0 Å². The van der Waals surface area contributed by atoms with E-state index in [9.17, 15) is 0 Å². The van der Waals surface area contributed by atoms with Crippen molar-refractivity contribution in [1.29, 1.82) is 0 Å². The molecule has 0 spiro atoms. The van der Waals surface area contributed by atoms with E-state index in [-0.39, 0.29) is 6.79 Å². The van der Waals surface area contributed by atoms with Crippen LogP contribution in [0.5, 0.6) is 11.5 Å². The topological polar surface area (TPSA) is 53.7 Å². The molecule has 80 valence electrons. The fourth-order valence-electron chi connectivity index (χ4n) is 1.30. The number of hydrogen-bond acceptors (Lipinski definition) is 4. The van der Waals surface area contributed by atoms with Gasteiger partial charge in [0.05, 0.1) is 18.2 Å². The normalized spacial score (nSPS) is 12.8. The van der Waals surface area contributed by atoms with E-state index in [1.807, 2.05) is 18.2 Å². The molecular formula is C10H11NO3S. The summed E-state index contributed by atoms with van der Waals surface area (Å²) in [6, 6.07) is 5.68. The van der Waals surface area contributed by atoms with Gasteiger partial charge in [-0.15, -0.1) is 0 Å². The highest BCUT2D eigenvalue weighted by Crippen LogP contribution is 2.32. The van der Waals surface area contributed by atoms with Crippen molar-refractivity contribution in [1.82, 2.24) is 0 Å². The van der Waals surface area contributed by atoms with E-state index in [0.717, 1.165) is 17.1 Å². The van der Waals surface area contributed by atoms with Gasteiger partial charge >= 0.3 is 0 Å². The Labute approximate surface area is 92.9 Å². The lowest BCUT2D eigenvalue weighted by Gasteiger charge is -2.04. The van der Waals surface area contributed by atoms with Crippen LogP contribution in [-0.2, 0) is 11.3 Å². The minimum absolute atomic E-state index is 0.284. The van der Waals surface area contributed by atoms with Crippen molar-refractivity contribution in [3.8, 4) is 11.5 Å². The fraction of sp³-hybridized carbons (Fsp3) is 0.300. The molecule has 0 aromatic heterocycles.